The van der Waals surface area contributed by atoms with Crippen molar-refractivity contribution in [3.05, 3.63) is 75.2 Å². The summed E-state index contributed by atoms with van der Waals surface area (Å²) in [5, 5.41) is 9.37. The highest BCUT2D eigenvalue weighted by Crippen LogP contribution is 2.46. The molecule has 7 heterocycles. The molecule has 1 aliphatic carbocycles. The van der Waals surface area contributed by atoms with Gasteiger partial charge in [-0.15, -0.1) is 0 Å². The Morgan fingerprint density at radius 1 is 0.969 bits per heavy atom. The Morgan fingerprint density at radius 3 is 2.52 bits per heavy atom. The van der Waals surface area contributed by atoms with Gasteiger partial charge in [0.25, 0.3) is 17.4 Å². The Labute approximate surface area is 381 Å². The van der Waals surface area contributed by atoms with Crippen LogP contribution in [0, 0.1) is 5.41 Å². The lowest BCUT2D eigenvalue weighted by molar-refractivity contribution is -0.137. The van der Waals surface area contributed by atoms with Crippen LogP contribution in [-0.2, 0) is 25.7 Å². The van der Waals surface area contributed by atoms with Crippen molar-refractivity contribution in [2.24, 2.45) is 5.41 Å². The first-order valence-corrected chi connectivity index (χ1v) is 23.2. The Morgan fingerprint density at radius 2 is 1.77 bits per heavy atom. The minimum absolute atomic E-state index is 0.0968. The SMILES string of the molecule is CNC(=O)COc1cc2cc(Nc3nc(N4CCC(OC5CC(N6CC7(CCN(c8ccc9c(c8)CN(C8CCC(=O)NC8=O)C9=O)C7)C6)C5)CC4)ncc3Cl)ccc2n(C(C)C)c1=O. The fraction of sp³-hybridized carbons (Fsp3) is 0.511. The predicted molar refractivity (Wildman–Crippen MR) is 245 cm³/mol. The number of halogens is 1. The molecule has 3 N–H and O–H groups in total. The van der Waals surface area contributed by atoms with E-state index in [9.17, 15) is 24.0 Å². The first-order valence-electron chi connectivity index (χ1n) is 22.8. The van der Waals surface area contributed by atoms with Crippen LogP contribution in [0.25, 0.3) is 10.9 Å². The zero-order valence-corrected chi connectivity index (χ0v) is 37.7. The molecule has 4 aromatic rings. The van der Waals surface area contributed by atoms with Crippen molar-refractivity contribution in [2.45, 2.75) is 95.7 Å². The normalized spacial score (nSPS) is 23.2. The van der Waals surface area contributed by atoms with Gasteiger partial charge in [-0.25, -0.2) is 4.98 Å². The Bertz CT molecular complexity index is 2620. The van der Waals surface area contributed by atoms with Gasteiger partial charge in [0.15, 0.2) is 18.2 Å². The molecular weight excluding hydrogens is 852 g/mol. The fourth-order valence-corrected chi connectivity index (χ4v) is 10.8. The fourth-order valence-electron chi connectivity index (χ4n) is 10.6. The van der Waals surface area contributed by atoms with Gasteiger partial charge in [-0.05, 0) is 100 Å². The lowest BCUT2D eigenvalue weighted by Gasteiger charge is -2.56. The Balaban J connectivity index is 0.684. The van der Waals surface area contributed by atoms with Gasteiger partial charge in [0.1, 0.15) is 11.1 Å². The molecule has 2 aromatic carbocycles. The van der Waals surface area contributed by atoms with Gasteiger partial charge in [-0.1, -0.05) is 11.6 Å². The van der Waals surface area contributed by atoms with E-state index in [1.165, 1.54) is 7.05 Å². The number of aromatic nitrogens is 3. The van der Waals surface area contributed by atoms with Crippen LogP contribution in [0.15, 0.2) is 53.5 Å². The molecule has 1 spiro atoms. The van der Waals surface area contributed by atoms with E-state index in [-0.39, 0.29) is 71.6 Å². The molecule has 17 nitrogen and oxygen atoms in total. The van der Waals surface area contributed by atoms with E-state index < -0.39 is 6.04 Å². The van der Waals surface area contributed by atoms with Crippen LogP contribution >= 0.6 is 11.6 Å². The summed E-state index contributed by atoms with van der Waals surface area (Å²) >= 11 is 6.61. The summed E-state index contributed by atoms with van der Waals surface area (Å²) in [5.74, 6) is 0.0390. The first-order chi connectivity index (χ1) is 31.3. The number of likely N-dealkylation sites (tertiary alicyclic amines) is 1. The molecule has 0 bridgehead atoms. The van der Waals surface area contributed by atoms with E-state index in [0.717, 1.165) is 99.2 Å². The number of amides is 4. The lowest BCUT2D eigenvalue weighted by Crippen LogP contribution is -2.64. The van der Waals surface area contributed by atoms with Gasteiger partial charge >= 0.3 is 0 Å². The molecule has 1 atom stereocenters. The van der Waals surface area contributed by atoms with Crippen molar-refractivity contribution >= 4 is 69.3 Å². The van der Waals surface area contributed by atoms with Gasteiger partial charge in [0, 0.05) is 99.1 Å². The second kappa shape index (κ2) is 17.2. The third-order valence-corrected chi connectivity index (χ3v) is 14.5. The molecule has 18 heteroatoms. The van der Waals surface area contributed by atoms with Crippen molar-refractivity contribution in [3.63, 3.8) is 0 Å². The molecule has 1 unspecified atom stereocenters. The number of hydrogen-bond donors (Lipinski definition) is 3. The van der Waals surface area contributed by atoms with Crippen molar-refractivity contribution in [2.75, 3.05) is 68.0 Å². The molecule has 1 saturated carbocycles. The average molecular weight is 907 g/mol. The molecule has 4 saturated heterocycles. The topological polar surface area (TPSA) is 184 Å². The number of ether oxygens (including phenoxy) is 2. The van der Waals surface area contributed by atoms with Crippen molar-refractivity contribution in [1.29, 1.82) is 0 Å². The number of benzene rings is 2. The number of piperidine rings is 2. The molecular formula is C47H55ClN10O7. The molecule has 0 radical (unpaired) electrons. The number of imide groups is 1. The molecule has 65 heavy (non-hydrogen) atoms. The zero-order valence-electron chi connectivity index (χ0n) is 37.0. The Hall–Kier alpha value is -5.78. The lowest BCUT2D eigenvalue weighted by atomic mass is 9.74. The van der Waals surface area contributed by atoms with E-state index in [1.54, 1.807) is 21.7 Å². The van der Waals surface area contributed by atoms with Gasteiger partial charge in [0.2, 0.25) is 17.8 Å². The summed E-state index contributed by atoms with van der Waals surface area (Å²) in [6, 6.07) is 13.2. The zero-order chi connectivity index (χ0) is 45.1. The minimum atomic E-state index is -0.604. The van der Waals surface area contributed by atoms with Gasteiger partial charge in [0.05, 0.1) is 23.9 Å². The number of carbonyl (C=O) groups is 4. The monoisotopic (exact) mass is 906 g/mol. The van der Waals surface area contributed by atoms with Crippen LogP contribution in [-0.4, -0.2) is 125 Å². The van der Waals surface area contributed by atoms with E-state index in [4.69, 9.17) is 26.1 Å². The smallest absolute Gasteiger partial charge is 0.293 e. The number of nitrogens with one attached hydrogen (secondary N) is 3. The molecule has 342 valence electrons. The largest absolute Gasteiger partial charge is 0.478 e. The number of fused-ring (bicyclic) bond motifs is 2. The number of hydrogen-bond acceptors (Lipinski definition) is 13. The molecule has 4 amide bonds. The Kier molecular flexibility index (Phi) is 11.4. The number of likely N-dealkylation sites (N-methyl/N-ethyl adjacent to an activating group) is 1. The third-order valence-electron chi connectivity index (χ3n) is 14.2. The molecule has 6 aliphatic rings. The summed E-state index contributed by atoms with van der Waals surface area (Å²) in [6.45, 7) is 9.71. The van der Waals surface area contributed by atoms with Gasteiger partial charge in [-0.2, -0.15) is 4.98 Å². The highest BCUT2D eigenvalue weighted by Gasteiger charge is 2.52. The highest BCUT2D eigenvalue weighted by atomic mass is 35.5. The summed E-state index contributed by atoms with van der Waals surface area (Å²) < 4.78 is 13.9. The molecule has 2 aromatic heterocycles. The quantitative estimate of drug-likeness (QED) is 0.171. The standard InChI is InChI=1S/C47H55ClN10O7/c1-27(2)58-37-7-4-30(16-28(37)18-39(45(58)63)64-23-41(60)49-3)51-42-36(48)21-50-46(53-42)54-13-10-33(11-14-54)65-34-19-32(20-34)56-25-47(26-56)12-15-55(24-47)31-5-6-35-29(17-31)22-57(44(35)62)38-8-9-40(59)52-43(38)61/h4-7,16-18,21,27,32-34,38H,8-15,19-20,22-26H2,1-3H3,(H,49,60)(H,50,51,53)(H,52,59,61). The van der Waals surface area contributed by atoms with Gasteiger partial charge in [-0.3, -0.25) is 34.2 Å². The number of carbonyl (C=O) groups excluding carboxylic acids is 4. The number of pyridine rings is 1. The average Bonchev–Trinajstić information content (AvgIpc) is 3.86. The van der Waals surface area contributed by atoms with Crippen molar-refractivity contribution in [1.82, 2.24) is 35.0 Å². The minimum Gasteiger partial charge on any atom is -0.478 e. The first kappa shape index (κ1) is 43.1. The van der Waals surface area contributed by atoms with Crippen molar-refractivity contribution < 1.29 is 28.7 Å². The molecule has 5 aliphatic heterocycles. The highest BCUT2D eigenvalue weighted by molar-refractivity contribution is 6.33. The van der Waals surface area contributed by atoms with Crippen LogP contribution in [0.5, 0.6) is 5.75 Å². The van der Waals surface area contributed by atoms with Crippen LogP contribution in [0.4, 0.5) is 23.1 Å². The maximum Gasteiger partial charge on any atom is 0.293 e. The molecule has 5 fully saturated rings. The van der Waals surface area contributed by atoms with Crippen LogP contribution < -0.4 is 36.0 Å². The van der Waals surface area contributed by atoms with Gasteiger partial charge < -0.3 is 39.4 Å². The number of anilines is 4. The predicted octanol–water partition coefficient (Wildman–Crippen LogP) is 4.38. The second-order valence-electron chi connectivity index (χ2n) is 18.9. The van der Waals surface area contributed by atoms with Crippen LogP contribution in [0.3, 0.4) is 0 Å². The van der Waals surface area contributed by atoms with E-state index in [2.05, 4.69) is 41.7 Å². The maximum absolute atomic E-state index is 13.3. The van der Waals surface area contributed by atoms with E-state index in [1.807, 2.05) is 44.2 Å². The number of rotatable bonds is 12. The van der Waals surface area contributed by atoms with Crippen LogP contribution in [0.1, 0.15) is 80.8 Å². The molecule has 10 rings (SSSR count). The summed E-state index contributed by atoms with van der Waals surface area (Å²) in [7, 11) is 1.52. The van der Waals surface area contributed by atoms with Crippen molar-refractivity contribution in [3.8, 4) is 5.75 Å². The summed E-state index contributed by atoms with van der Waals surface area (Å²) in [6.07, 6.45) is 7.74. The van der Waals surface area contributed by atoms with E-state index in [0.29, 0.717) is 41.4 Å². The third kappa shape index (κ3) is 8.38. The second-order valence-corrected chi connectivity index (χ2v) is 19.3. The number of nitrogens with zero attached hydrogens (tertiary/aromatic N) is 7. The summed E-state index contributed by atoms with van der Waals surface area (Å²) in [4.78, 5) is 80.7. The maximum atomic E-state index is 13.3. The summed E-state index contributed by atoms with van der Waals surface area (Å²) in [5.41, 5.74) is 4.17. The van der Waals surface area contributed by atoms with Crippen LogP contribution in [0.2, 0.25) is 5.02 Å². The van der Waals surface area contributed by atoms with E-state index >= 15 is 0 Å².